The lowest BCUT2D eigenvalue weighted by Crippen LogP contribution is -2.35. The number of thiophene rings is 1. The smallest absolute Gasteiger partial charge is 0.408 e. The molecule has 1 heterocycles. The van der Waals surface area contributed by atoms with Crippen LogP contribution in [0.2, 0.25) is 0 Å². The molecule has 0 aliphatic rings. The fourth-order valence-electron chi connectivity index (χ4n) is 1.29. The Kier molecular flexibility index (Phi) is 5.34. The van der Waals surface area contributed by atoms with E-state index in [-0.39, 0.29) is 12.3 Å². The molecule has 1 rings (SSSR count). The standard InChI is InChI=1S/C13H19NO3S/c1-13(2,3)17-12(16)14-8-11(15)5-4-10-6-7-18-9-10/h6-7,9H,4-5,8H2,1-3H3,(H,14,16). The first-order valence-electron chi connectivity index (χ1n) is 5.86. The van der Waals surface area contributed by atoms with Crippen LogP contribution in [-0.2, 0) is 16.0 Å². The molecule has 1 aromatic rings. The molecule has 0 bridgehead atoms. The normalized spacial score (nSPS) is 11.1. The Morgan fingerprint density at radius 1 is 1.39 bits per heavy atom. The number of Topliss-reactive ketones (excluding diaryl/α,β-unsaturated/α-hetero) is 1. The summed E-state index contributed by atoms with van der Waals surface area (Å²) in [6, 6.07) is 2.00. The Hall–Kier alpha value is -1.36. The summed E-state index contributed by atoms with van der Waals surface area (Å²) >= 11 is 1.61. The second kappa shape index (κ2) is 6.54. The highest BCUT2D eigenvalue weighted by Crippen LogP contribution is 2.08. The summed E-state index contributed by atoms with van der Waals surface area (Å²) in [6.07, 6.45) is 0.608. The van der Waals surface area contributed by atoms with Crippen molar-refractivity contribution < 1.29 is 14.3 Å². The van der Waals surface area contributed by atoms with E-state index in [1.807, 2.05) is 16.8 Å². The third kappa shape index (κ3) is 6.39. The first-order valence-corrected chi connectivity index (χ1v) is 6.81. The van der Waals surface area contributed by atoms with Crippen LogP contribution >= 0.6 is 11.3 Å². The quantitative estimate of drug-likeness (QED) is 0.894. The van der Waals surface area contributed by atoms with Gasteiger partial charge in [-0.15, -0.1) is 0 Å². The summed E-state index contributed by atoms with van der Waals surface area (Å²) in [5.41, 5.74) is 0.620. The van der Waals surface area contributed by atoms with E-state index in [2.05, 4.69) is 5.32 Å². The van der Waals surface area contributed by atoms with E-state index < -0.39 is 11.7 Å². The maximum Gasteiger partial charge on any atom is 0.408 e. The number of aryl methyl sites for hydroxylation is 1. The van der Waals surface area contributed by atoms with Gasteiger partial charge in [0.25, 0.3) is 0 Å². The first kappa shape index (κ1) is 14.7. The van der Waals surface area contributed by atoms with Crippen molar-refractivity contribution in [1.82, 2.24) is 5.32 Å². The predicted molar refractivity (Wildman–Crippen MR) is 71.9 cm³/mol. The zero-order valence-electron chi connectivity index (χ0n) is 11.0. The molecule has 0 spiro atoms. The SMILES string of the molecule is CC(C)(C)OC(=O)NCC(=O)CCc1ccsc1. The number of carbonyl (C=O) groups excluding carboxylic acids is 2. The predicted octanol–water partition coefficient (Wildman–Crippen LogP) is 2.77. The van der Waals surface area contributed by atoms with Crippen molar-refractivity contribution in [3.8, 4) is 0 Å². The van der Waals surface area contributed by atoms with Crippen LogP contribution in [0.3, 0.4) is 0 Å². The Balaban J connectivity index is 2.19. The molecule has 0 radical (unpaired) electrons. The summed E-state index contributed by atoms with van der Waals surface area (Å²) in [4.78, 5) is 22.9. The van der Waals surface area contributed by atoms with E-state index >= 15 is 0 Å². The molecule has 100 valence electrons. The van der Waals surface area contributed by atoms with Crippen LogP contribution in [0.4, 0.5) is 4.79 Å². The second-order valence-electron chi connectivity index (χ2n) is 5.03. The number of hydrogen-bond donors (Lipinski definition) is 1. The maximum absolute atomic E-state index is 11.5. The van der Waals surface area contributed by atoms with E-state index in [9.17, 15) is 9.59 Å². The van der Waals surface area contributed by atoms with Crippen molar-refractivity contribution >= 4 is 23.2 Å². The Morgan fingerprint density at radius 2 is 2.11 bits per heavy atom. The molecular weight excluding hydrogens is 250 g/mol. The zero-order chi connectivity index (χ0) is 13.6. The molecule has 0 fully saturated rings. The van der Waals surface area contributed by atoms with Crippen molar-refractivity contribution in [2.45, 2.75) is 39.2 Å². The molecule has 1 aromatic heterocycles. The fourth-order valence-corrected chi connectivity index (χ4v) is 2.00. The minimum atomic E-state index is -0.550. The molecule has 18 heavy (non-hydrogen) atoms. The minimum Gasteiger partial charge on any atom is -0.444 e. The van der Waals surface area contributed by atoms with E-state index in [0.717, 1.165) is 12.0 Å². The number of nitrogens with one attached hydrogen (secondary N) is 1. The van der Waals surface area contributed by atoms with E-state index in [1.54, 1.807) is 32.1 Å². The third-order valence-corrected chi connectivity index (χ3v) is 2.83. The molecule has 0 saturated heterocycles. The summed E-state index contributed by atoms with van der Waals surface area (Å²) in [5.74, 6) is 0.00654. The lowest BCUT2D eigenvalue weighted by atomic mass is 10.1. The van der Waals surface area contributed by atoms with Crippen molar-refractivity contribution in [3.63, 3.8) is 0 Å². The zero-order valence-corrected chi connectivity index (χ0v) is 11.8. The van der Waals surface area contributed by atoms with Crippen LogP contribution < -0.4 is 5.32 Å². The highest BCUT2D eigenvalue weighted by molar-refractivity contribution is 7.07. The van der Waals surface area contributed by atoms with Gasteiger partial charge >= 0.3 is 6.09 Å². The van der Waals surface area contributed by atoms with E-state index in [0.29, 0.717) is 6.42 Å². The molecule has 5 heteroatoms. The summed E-state index contributed by atoms with van der Waals surface area (Å²) in [7, 11) is 0. The van der Waals surface area contributed by atoms with Gasteiger partial charge in [-0.25, -0.2) is 4.79 Å². The average molecular weight is 269 g/mol. The van der Waals surface area contributed by atoms with Crippen LogP contribution in [0.25, 0.3) is 0 Å². The monoisotopic (exact) mass is 269 g/mol. The third-order valence-electron chi connectivity index (χ3n) is 2.10. The number of ether oxygens (including phenoxy) is 1. The number of hydrogen-bond acceptors (Lipinski definition) is 4. The Morgan fingerprint density at radius 3 is 2.67 bits per heavy atom. The van der Waals surface area contributed by atoms with Crippen LogP contribution in [0, 0.1) is 0 Å². The van der Waals surface area contributed by atoms with Gasteiger partial charge in [-0.3, -0.25) is 4.79 Å². The van der Waals surface area contributed by atoms with Gasteiger partial charge in [0.05, 0.1) is 6.54 Å². The molecule has 0 saturated carbocycles. The van der Waals surface area contributed by atoms with Crippen LogP contribution in [0.1, 0.15) is 32.8 Å². The van der Waals surface area contributed by atoms with Gasteiger partial charge in [0.15, 0.2) is 5.78 Å². The molecule has 0 aliphatic carbocycles. The molecule has 4 nitrogen and oxygen atoms in total. The maximum atomic E-state index is 11.5. The van der Waals surface area contributed by atoms with Gasteiger partial charge in [0, 0.05) is 6.42 Å². The van der Waals surface area contributed by atoms with Gasteiger partial charge in [0.1, 0.15) is 5.60 Å². The second-order valence-corrected chi connectivity index (χ2v) is 5.81. The molecule has 0 aromatic carbocycles. The van der Waals surface area contributed by atoms with Gasteiger partial charge in [0.2, 0.25) is 0 Å². The van der Waals surface area contributed by atoms with Crippen molar-refractivity contribution in [3.05, 3.63) is 22.4 Å². The van der Waals surface area contributed by atoms with Gasteiger partial charge in [-0.05, 0) is 49.6 Å². The van der Waals surface area contributed by atoms with E-state index in [4.69, 9.17) is 4.74 Å². The molecule has 1 N–H and O–H groups in total. The number of rotatable bonds is 5. The van der Waals surface area contributed by atoms with Gasteiger partial charge < -0.3 is 10.1 Å². The summed E-state index contributed by atoms with van der Waals surface area (Å²) < 4.78 is 5.04. The molecular formula is C13H19NO3S. The molecule has 1 amide bonds. The van der Waals surface area contributed by atoms with E-state index in [1.165, 1.54) is 0 Å². The lowest BCUT2D eigenvalue weighted by Gasteiger charge is -2.19. The van der Waals surface area contributed by atoms with Gasteiger partial charge in [-0.1, -0.05) is 0 Å². The van der Waals surface area contributed by atoms with Crippen molar-refractivity contribution in [2.24, 2.45) is 0 Å². The number of carbonyl (C=O) groups is 2. The topological polar surface area (TPSA) is 55.4 Å². The van der Waals surface area contributed by atoms with Crippen molar-refractivity contribution in [1.29, 1.82) is 0 Å². The number of amides is 1. The fraction of sp³-hybridized carbons (Fsp3) is 0.538. The summed E-state index contributed by atoms with van der Waals surface area (Å²) in [5, 5.41) is 6.47. The van der Waals surface area contributed by atoms with Crippen molar-refractivity contribution in [2.75, 3.05) is 6.54 Å². The number of alkyl carbamates (subject to hydrolysis) is 1. The summed E-state index contributed by atoms with van der Waals surface area (Å²) in [6.45, 7) is 5.37. The molecule has 0 unspecified atom stereocenters. The number of ketones is 1. The highest BCUT2D eigenvalue weighted by Gasteiger charge is 2.16. The van der Waals surface area contributed by atoms with Gasteiger partial charge in [-0.2, -0.15) is 11.3 Å². The molecule has 0 atom stereocenters. The first-order chi connectivity index (χ1) is 8.37. The Labute approximate surface area is 111 Å². The molecule has 0 aliphatic heterocycles. The van der Waals surface area contributed by atoms with Crippen LogP contribution in [0.15, 0.2) is 16.8 Å². The Bertz CT molecular complexity index is 393. The van der Waals surface area contributed by atoms with Crippen LogP contribution in [-0.4, -0.2) is 24.0 Å². The van der Waals surface area contributed by atoms with Crippen LogP contribution in [0.5, 0.6) is 0 Å². The highest BCUT2D eigenvalue weighted by atomic mass is 32.1. The minimum absolute atomic E-state index is 0.00654. The largest absolute Gasteiger partial charge is 0.444 e. The average Bonchev–Trinajstić information content (AvgIpc) is 2.74. The lowest BCUT2D eigenvalue weighted by molar-refractivity contribution is -0.118.